The van der Waals surface area contributed by atoms with Crippen LogP contribution in [0.5, 0.6) is 11.5 Å². The van der Waals surface area contributed by atoms with Crippen LogP contribution in [0, 0.1) is 0 Å². The van der Waals surface area contributed by atoms with Crippen LogP contribution in [0.3, 0.4) is 0 Å². The van der Waals surface area contributed by atoms with Crippen LogP contribution in [0.4, 0.5) is 5.69 Å². The molecule has 0 saturated carbocycles. The van der Waals surface area contributed by atoms with Crippen LogP contribution < -0.4 is 14.8 Å². The maximum atomic E-state index is 13.2. The van der Waals surface area contributed by atoms with E-state index in [9.17, 15) is 9.59 Å². The van der Waals surface area contributed by atoms with Gasteiger partial charge in [-0.15, -0.1) is 0 Å². The van der Waals surface area contributed by atoms with Gasteiger partial charge in [0.2, 0.25) is 0 Å². The van der Waals surface area contributed by atoms with Crippen molar-refractivity contribution in [1.82, 2.24) is 4.90 Å². The highest BCUT2D eigenvalue weighted by Gasteiger charge is 2.39. The molecule has 0 unspecified atom stereocenters. The summed E-state index contributed by atoms with van der Waals surface area (Å²) in [6, 6.07) is 17.7. The lowest BCUT2D eigenvalue weighted by atomic mass is 10.0. The Hall–Kier alpha value is -4.00. The van der Waals surface area contributed by atoms with Gasteiger partial charge in [-0.3, -0.25) is 14.5 Å². The lowest BCUT2D eigenvalue weighted by Crippen LogP contribution is -2.31. The summed E-state index contributed by atoms with van der Waals surface area (Å²) in [5.74, 6) is 0.816. The molecule has 7 nitrogen and oxygen atoms in total. The molecule has 30 heavy (non-hydrogen) atoms. The molecule has 0 aliphatic carbocycles. The minimum absolute atomic E-state index is 0.0492. The third kappa shape index (κ3) is 3.65. The van der Waals surface area contributed by atoms with Crippen molar-refractivity contribution in [2.24, 2.45) is 0 Å². The van der Waals surface area contributed by atoms with E-state index in [-0.39, 0.29) is 18.1 Å². The molecule has 2 heterocycles. The minimum Gasteiger partial charge on any atom is -0.497 e. The summed E-state index contributed by atoms with van der Waals surface area (Å²) < 4.78 is 15.9. The fourth-order valence-corrected chi connectivity index (χ4v) is 3.29. The maximum absolute atomic E-state index is 13.2. The minimum atomic E-state index is -0.433. The Morgan fingerprint density at radius 1 is 0.900 bits per heavy atom. The Balaban J connectivity index is 1.75. The lowest BCUT2D eigenvalue weighted by molar-refractivity contribution is -0.137. The van der Waals surface area contributed by atoms with Crippen molar-refractivity contribution < 1.29 is 23.5 Å². The van der Waals surface area contributed by atoms with Gasteiger partial charge in [0.25, 0.3) is 11.8 Å². The summed E-state index contributed by atoms with van der Waals surface area (Å²) in [6.07, 6.45) is 1.51. The number of rotatable bonds is 7. The van der Waals surface area contributed by atoms with Crippen molar-refractivity contribution in [1.29, 1.82) is 0 Å². The van der Waals surface area contributed by atoms with Crippen LogP contribution in [0.1, 0.15) is 11.3 Å². The van der Waals surface area contributed by atoms with E-state index >= 15 is 0 Å². The number of benzene rings is 2. The van der Waals surface area contributed by atoms with Crippen molar-refractivity contribution >= 4 is 23.1 Å². The molecule has 1 aliphatic rings. The number of methoxy groups -OCH3 is 2. The van der Waals surface area contributed by atoms with Crippen LogP contribution in [-0.2, 0) is 16.1 Å². The van der Waals surface area contributed by atoms with Crippen LogP contribution in [0.15, 0.2) is 77.0 Å². The molecule has 0 bridgehead atoms. The molecule has 0 atom stereocenters. The van der Waals surface area contributed by atoms with Gasteiger partial charge in [-0.25, -0.2) is 0 Å². The Morgan fingerprint density at radius 3 is 2.20 bits per heavy atom. The highest BCUT2D eigenvalue weighted by atomic mass is 16.5. The third-order valence-corrected chi connectivity index (χ3v) is 4.75. The van der Waals surface area contributed by atoms with Gasteiger partial charge >= 0.3 is 0 Å². The summed E-state index contributed by atoms with van der Waals surface area (Å²) in [7, 11) is 3.09. The Bertz CT molecular complexity index is 1080. The predicted molar refractivity (Wildman–Crippen MR) is 111 cm³/mol. The van der Waals surface area contributed by atoms with Gasteiger partial charge < -0.3 is 19.2 Å². The lowest BCUT2D eigenvalue weighted by Gasteiger charge is -2.14. The molecule has 2 aromatic carbocycles. The summed E-state index contributed by atoms with van der Waals surface area (Å²) in [5.41, 5.74) is 1.70. The van der Waals surface area contributed by atoms with Crippen LogP contribution in [0.25, 0.3) is 5.57 Å². The van der Waals surface area contributed by atoms with Gasteiger partial charge in [0.1, 0.15) is 23.0 Å². The molecular weight excluding hydrogens is 384 g/mol. The van der Waals surface area contributed by atoms with E-state index in [4.69, 9.17) is 13.9 Å². The molecule has 1 N–H and O–H groups in total. The molecule has 0 fully saturated rings. The monoisotopic (exact) mass is 404 g/mol. The number of anilines is 1. The van der Waals surface area contributed by atoms with Crippen molar-refractivity contribution in [2.75, 3.05) is 19.5 Å². The van der Waals surface area contributed by atoms with E-state index in [0.29, 0.717) is 34.1 Å². The van der Waals surface area contributed by atoms with Gasteiger partial charge in [-0.1, -0.05) is 30.3 Å². The van der Waals surface area contributed by atoms with Crippen LogP contribution >= 0.6 is 0 Å². The molecule has 1 aromatic heterocycles. The molecule has 1 aliphatic heterocycles. The normalized spacial score (nSPS) is 13.7. The van der Waals surface area contributed by atoms with Gasteiger partial charge in [0.05, 0.1) is 32.6 Å². The zero-order valence-electron chi connectivity index (χ0n) is 16.5. The van der Waals surface area contributed by atoms with Crippen LogP contribution in [-0.4, -0.2) is 30.9 Å². The quantitative estimate of drug-likeness (QED) is 0.605. The Kier molecular flexibility index (Phi) is 5.26. The third-order valence-electron chi connectivity index (χ3n) is 4.75. The van der Waals surface area contributed by atoms with Gasteiger partial charge in [0.15, 0.2) is 0 Å². The number of hydrogen-bond donors (Lipinski definition) is 1. The van der Waals surface area contributed by atoms with E-state index in [1.54, 1.807) is 56.7 Å². The maximum Gasteiger partial charge on any atom is 0.278 e. The van der Waals surface area contributed by atoms with Gasteiger partial charge in [0, 0.05) is 23.9 Å². The number of ether oxygens (including phenoxy) is 2. The summed E-state index contributed by atoms with van der Waals surface area (Å²) >= 11 is 0. The van der Waals surface area contributed by atoms with Crippen LogP contribution in [0.2, 0.25) is 0 Å². The number of amides is 2. The summed E-state index contributed by atoms with van der Waals surface area (Å²) in [5, 5.41) is 3.11. The predicted octanol–water partition coefficient (Wildman–Crippen LogP) is 3.69. The van der Waals surface area contributed by atoms with Crippen molar-refractivity contribution in [2.45, 2.75) is 6.54 Å². The molecule has 0 radical (unpaired) electrons. The number of carbonyl (C=O) groups is 2. The van der Waals surface area contributed by atoms with Crippen molar-refractivity contribution in [3.8, 4) is 11.5 Å². The fraction of sp³-hybridized carbons (Fsp3) is 0.130. The number of carbonyl (C=O) groups excluding carboxylic acids is 2. The SMILES string of the molecule is COc1cc(NC2=C(c3ccccc3)C(=O)N(Cc3ccco3)C2=O)cc(OC)c1. The van der Waals surface area contributed by atoms with E-state index in [1.165, 1.54) is 11.2 Å². The molecule has 3 aromatic rings. The second-order valence-electron chi connectivity index (χ2n) is 6.62. The largest absolute Gasteiger partial charge is 0.497 e. The van der Waals surface area contributed by atoms with E-state index in [0.717, 1.165) is 0 Å². The number of nitrogens with zero attached hydrogens (tertiary/aromatic N) is 1. The summed E-state index contributed by atoms with van der Waals surface area (Å²) in [4.78, 5) is 27.6. The summed E-state index contributed by atoms with van der Waals surface area (Å²) in [6.45, 7) is 0.0492. The molecule has 0 spiro atoms. The topological polar surface area (TPSA) is 81.0 Å². The van der Waals surface area contributed by atoms with Gasteiger partial charge in [-0.05, 0) is 17.7 Å². The molecule has 7 heteroatoms. The molecule has 4 rings (SSSR count). The highest BCUT2D eigenvalue weighted by molar-refractivity contribution is 6.36. The number of nitrogens with one attached hydrogen (secondary N) is 1. The first-order chi connectivity index (χ1) is 14.6. The average molecular weight is 404 g/mol. The fourth-order valence-electron chi connectivity index (χ4n) is 3.29. The number of hydrogen-bond acceptors (Lipinski definition) is 6. The van der Waals surface area contributed by atoms with Crippen molar-refractivity contribution in [3.63, 3.8) is 0 Å². The second-order valence-corrected chi connectivity index (χ2v) is 6.62. The van der Waals surface area contributed by atoms with E-state index in [2.05, 4.69) is 5.32 Å². The first kappa shape index (κ1) is 19.3. The molecular formula is C23H20N2O5. The zero-order chi connectivity index (χ0) is 21.1. The molecule has 152 valence electrons. The zero-order valence-corrected chi connectivity index (χ0v) is 16.5. The first-order valence-corrected chi connectivity index (χ1v) is 9.29. The van der Waals surface area contributed by atoms with Crippen molar-refractivity contribution in [3.05, 3.63) is 83.9 Å². The second kappa shape index (κ2) is 8.16. The van der Waals surface area contributed by atoms with E-state index < -0.39 is 5.91 Å². The van der Waals surface area contributed by atoms with Gasteiger partial charge in [-0.2, -0.15) is 0 Å². The molecule has 2 amide bonds. The standard InChI is InChI=1S/C23H20N2O5/c1-28-18-11-16(12-19(13-18)29-2)24-21-20(15-7-4-3-5-8-15)22(26)25(23(21)27)14-17-9-6-10-30-17/h3-13,24H,14H2,1-2H3. The number of furan rings is 1. The smallest absolute Gasteiger partial charge is 0.278 e. The Labute approximate surface area is 173 Å². The molecule has 0 saturated heterocycles. The number of imide groups is 1. The van der Waals surface area contributed by atoms with E-state index in [1.807, 2.05) is 18.2 Å². The first-order valence-electron chi connectivity index (χ1n) is 9.29. The highest BCUT2D eigenvalue weighted by Crippen LogP contribution is 2.33. The average Bonchev–Trinajstić information content (AvgIpc) is 3.37. The Morgan fingerprint density at radius 2 is 1.60 bits per heavy atom.